The van der Waals surface area contributed by atoms with Crippen LogP contribution in [0.4, 0.5) is 0 Å². The lowest BCUT2D eigenvalue weighted by atomic mass is 10.2. The van der Waals surface area contributed by atoms with Gasteiger partial charge >= 0.3 is 0 Å². The van der Waals surface area contributed by atoms with E-state index in [9.17, 15) is 0 Å². The number of aryl methyl sites for hydroxylation is 1. The van der Waals surface area contributed by atoms with Gasteiger partial charge in [-0.3, -0.25) is 5.10 Å². The molecular weight excluding hydrogens is 202 g/mol. The lowest BCUT2D eigenvalue weighted by Gasteiger charge is -1.92. The molecule has 0 radical (unpaired) electrons. The van der Waals surface area contributed by atoms with Gasteiger partial charge in [-0.05, 0) is 25.0 Å². The molecule has 4 heteroatoms. The maximum Gasteiger partial charge on any atom is 0.248 e. The van der Waals surface area contributed by atoms with Gasteiger partial charge in [0.15, 0.2) is 0 Å². The van der Waals surface area contributed by atoms with Crippen LogP contribution in [0.5, 0.6) is 5.88 Å². The van der Waals surface area contributed by atoms with E-state index in [1.54, 1.807) is 13.3 Å². The summed E-state index contributed by atoms with van der Waals surface area (Å²) in [5, 5.41) is 6.80. The zero-order valence-corrected chi connectivity index (χ0v) is 9.11. The third-order valence-electron chi connectivity index (χ3n) is 2.09. The van der Waals surface area contributed by atoms with Crippen molar-refractivity contribution >= 4 is 0 Å². The molecule has 2 rings (SSSR count). The van der Waals surface area contributed by atoms with Gasteiger partial charge in [-0.2, -0.15) is 0 Å². The van der Waals surface area contributed by atoms with Crippen LogP contribution in [0.3, 0.4) is 0 Å². The number of ether oxygens (including phenoxy) is 1. The normalized spacial score (nSPS) is 9.38. The number of nitrogens with one attached hydrogen (secondary N) is 1. The van der Waals surface area contributed by atoms with Crippen molar-refractivity contribution in [3.05, 3.63) is 41.3 Å². The monoisotopic (exact) mass is 213 g/mol. The van der Waals surface area contributed by atoms with Crippen LogP contribution in [0.25, 0.3) is 0 Å². The molecule has 16 heavy (non-hydrogen) atoms. The van der Waals surface area contributed by atoms with Crippen LogP contribution in [0.1, 0.15) is 17.0 Å². The Morgan fingerprint density at radius 3 is 2.88 bits per heavy atom. The first-order valence-corrected chi connectivity index (χ1v) is 4.83. The minimum atomic E-state index is 0.515. The van der Waals surface area contributed by atoms with Gasteiger partial charge in [-0.25, -0.2) is 4.98 Å². The highest BCUT2D eigenvalue weighted by Crippen LogP contribution is 2.16. The summed E-state index contributed by atoms with van der Waals surface area (Å²) in [6.07, 6.45) is 1.71. The SMILES string of the molecule is COc1n[nH]c(C)c1C#Cc1ccccn1. The van der Waals surface area contributed by atoms with Gasteiger partial charge < -0.3 is 4.74 Å². The van der Waals surface area contributed by atoms with E-state index < -0.39 is 0 Å². The second-order valence-corrected chi connectivity index (χ2v) is 3.20. The van der Waals surface area contributed by atoms with Gasteiger partial charge in [0, 0.05) is 6.20 Å². The van der Waals surface area contributed by atoms with Gasteiger partial charge in [0.1, 0.15) is 11.3 Å². The largest absolute Gasteiger partial charge is 0.479 e. The second-order valence-electron chi connectivity index (χ2n) is 3.20. The third kappa shape index (κ3) is 2.04. The van der Waals surface area contributed by atoms with Crippen LogP contribution in [0.2, 0.25) is 0 Å². The highest BCUT2D eigenvalue weighted by atomic mass is 16.5. The van der Waals surface area contributed by atoms with Crippen molar-refractivity contribution < 1.29 is 4.74 Å². The molecule has 0 aromatic carbocycles. The van der Waals surface area contributed by atoms with Crippen molar-refractivity contribution in [1.82, 2.24) is 15.2 Å². The molecular formula is C12H11N3O. The maximum atomic E-state index is 5.09. The molecule has 2 heterocycles. The van der Waals surface area contributed by atoms with E-state index in [2.05, 4.69) is 27.0 Å². The topological polar surface area (TPSA) is 50.8 Å². The maximum absolute atomic E-state index is 5.09. The van der Waals surface area contributed by atoms with Crippen LogP contribution < -0.4 is 4.74 Å². The van der Waals surface area contributed by atoms with Crippen LogP contribution in [0, 0.1) is 18.8 Å². The Kier molecular flexibility index (Phi) is 2.88. The number of H-pyrrole nitrogens is 1. The molecule has 0 aliphatic rings. The molecule has 2 aromatic rings. The van der Waals surface area contributed by atoms with Crippen molar-refractivity contribution in [3.8, 4) is 17.7 Å². The molecule has 0 unspecified atom stereocenters. The summed E-state index contributed by atoms with van der Waals surface area (Å²) in [4.78, 5) is 4.12. The highest BCUT2D eigenvalue weighted by Gasteiger charge is 2.06. The van der Waals surface area contributed by atoms with E-state index >= 15 is 0 Å². The minimum absolute atomic E-state index is 0.515. The summed E-state index contributed by atoms with van der Waals surface area (Å²) >= 11 is 0. The fourth-order valence-corrected chi connectivity index (χ4v) is 1.26. The van der Waals surface area contributed by atoms with E-state index in [-0.39, 0.29) is 0 Å². The highest BCUT2D eigenvalue weighted by molar-refractivity contribution is 5.47. The summed E-state index contributed by atoms with van der Waals surface area (Å²) in [6.45, 7) is 1.90. The fourth-order valence-electron chi connectivity index (χ4n) is 1.26. The standard InChI is InChI=1S/C12H11N3O/c1-9-11(12(16-2)15-14-9)7-6-10-5-3-4-8-13-10/h3-5,8H,1-2H3,(H,14,15). The van der Waals surface area contributed by atoms with Crippen LogP contribution >= 0.6 is 0 Å². The quantitative estimate of drug-likeness (QED) is 0.731. The smallest absolute Gasteiger partial charge is 0.248 e. The predicted molar refractivity (Wildman–Crippen MR) is 60.1 cm³/mol. The van der Waals surface area contributed by atoms with Crippen LogP contribution in [0.15, 0.2) is 24.4 Å². The van der Waals surface area contributed by atoms with Crippen molar-refractivity contribution in [3.63, 3.8) is 0 Å². The van der Waals surface area contributed by atoms with E-state index in [1.807, 2.05) is 25.1 Å². The van der Waals surface area contributed by atoms with Gasteiger partial charge in [-0.1, -0.05) is 12.0 Å². The first kappa shape index (κ1) is 10.2. The first-order chi connectivity index (χ1) is 7.81. The summed E-state index contributed by atoms with van der Waals surface area (Å²) in [5.74, 6) is 6.47. The number of rotatable bonds is 1. The molecule has 0 spiro atoms. The van der Waals surface area contributed by atoms with Gasteiger partial charge in [-0.15, -0.1) is 5.10 Å². The lowest BCUT2D eigenvalue weighted by molar-refractivity contribution is 0.396. The zero-order valence-electron chi connectivity index (χ0n) is 9.11. The van der Waals surface area contributed by atoms with Crippen molar-refractivity contribution in [2.75, 3.05) is 7.11 Å². The molecule has 0 amide bonds. The molecule has 0 saturated heterocycles. The summed E-state index contributed by atoms with van der Waals surface area (Å²) in [7, 11) is 1.57. The molecule has 80 valence electrons. The van der Waals surface area contributed by atoms with Crippen LogP contribution in [-0.4, -0.2) is 22.3 Å². The summed E-state index contributed by atoms with van der Waals surface area (Å²) in [5.41, 5.74) is 2.39. The molecule has 0 saturated carbocycles. The van der Waals surface area contributed by atoms with Gasteiger partial charge in [0.2, 0.25) is 5.88 Å². The number of pyridine rings is 1. The lowest BCUT2D eigenvalue weighted by Crippen LogP contribution is -1.86. The van der Waals surface area contributed by atoms with Crippen molar-refractivity contribution in [2.24, 2.45) is 0 Å². The Morgan fingerprint density at radius 2 is 2.19 bits per heavy atom. The molecule has 0 aliphatic heterocycles. The number of methoxy groups -OCH3 is 1. The Labute approximate surface area is 93.7 Å². The Balaban J connectivity index is 2.34. The summed E-state index contributed by atoms with van der Waals surface area (Å²) in [6, 6.07) is 5.61. The predicted octanol–water partition coefficient (Wildman–Crippen LogP) is 1.52. The molecule has 1 N–H and O–H groups in total. The van der Waals surface area contributed by atoms with E-state index in [0.29, 0.717) is 5.88 Å². The van der Waals surface area contributed by atoms with E-state index in [0.717, 1.165) is 17.0 Å². The molecule has 2 aromatic heterocycles. The molecule has 0 fully saturated rings. The Morgan fingerprint density at radius 1 is 1.31 bits per heavy atom. The van der Waals surface area contributed by atoms with E-state index in [4.69, 9.17) is 4.74 Å². The van der Waals surface area contributed by atoms with Crippen LogP contribution in [-0.2, 0) is 0 Å². The van der Waals surface area contributed by atoms with Gasteiger partial charge in [0.25, 0.3) is 0 Å². The zero-order chi connectivity index (χ0) is 11.4. The Bertz CT molecular complexity index is 534. The van der Waals surface area contributed by atoms with Crippen molar-refractivity contribution in [1.29, 1.82) is 0 Å². The Hall–Kier alpha value is -2.28. The fraction of sp³-hybridized carbons (Fsp3) is 0.167. The molecule has 0 bridgehead atoms. The number of hydrogen-bond acceptors (Lipinski definition) is 3. The third-order valence-corrected chi connectivity index (χ3v) is 2.09. The number of nitrogens with zero attached hydrogens (tertiary/aromatic N) is 2. The summed E-state index contributed by atoms with van der Waals surface area (Å²) < 4.78 is 5.09. The van der Waals surface area contributed by atoms with Crippen molar-refractivity contribution in [2.45, 2.75) is 6.92 Å². The average Bonchev–Trinajstić information content (AvgIpc) is 2.69. The van der Waals surface area contributed by atoms with Gasteiger partial charge in [0.05, 0.1) is 12.8 Å². The minimum Gasteiger partial charge on any atom is -0.479 e. The number of aromatic amines is 1. The van der Waals surface area contributed by atoms with E-state index in [1.165, 1.54) is 0 Å². The second kappa shape index (κ2) is 4.49. The molecule has 0 atom stereocenters. The number of hydrogen-bond donors (Lipinski definition) is 1. The number of aromatic nitrogens is 3. The molecule has 0 aliphatic carbocycles. The first-order valence-electron chi connectivity index (χ1n) is 4.83. The molecule has 4 nitrogen and oxygen atoms in total. The average molecular weight is 213 g/mol.